The molecule has 4 heteroatoms. The smallest absolute Gasteiger partial charge is 0.156 e. The van der Waals surface area contributed by atoms with Crippen LogP contribution in [0.25, 0.3) is 0 Å². The van der Waals surface area contributed by atoms with E-state index in [1.165, 1.54) is 36.6 Å². The third kappa shape index (κ3) is 4.14. The molecule has 2 aliphatic rings. The number of nitrogens with zero attached hydrogens (tertiary/aromatic N) is 2. The van der Waals surface area contributed by atoms with Crippen LogP contribution in [0.15, 0.2) is 4.99 Å². The van der Waals surface area contributed by atoms with Crippen molar-refractivity contribution < 1.29 is 0 Å². The van der Waals surface area contributed by atoms with Gasteiger partial charge >= 0.3 is 0 Å². The van der Waals surface area contributed by atoms with Crippen molar-refractivity contribution in [3.05, 3.63) is 0 Å². The molecular weight excluding hydrogens is 266 g/mol. The van der Waals surface area contributed by atoms with Gasteiger partial charge in [0, 0.05) is 37.5 Å². The molecule has 0 amide bonds. The zero-order chi connectivity index (χ0) is 14.6. The second-order valence-electron chi connectivity index (χ2n) is 6.97. The molecule has 1 fully saturated rings. The lowest BCUT2D eigenvalue weighted by atomic mass is 9.89. The molecule has 0 unspecified atom stereocenters. The van der Waals surface area contributed by atoms with Gasteiger partial charge in [-0.15, -0.1) is 0 Å². The van der Waals surface area contributed by atoms with Crippen LogP contribution in [0.5, 0.6) is 0 Å². The van der Waals surface area contributed by atoms with Crippen LogP contribution in [-0.4, -0.2) is 47.5 Å². The summed E-state index contributed by atoms with van der Waals surface area (Å²) >= 11 is 1.95. The van der Waals surface area contributed by atoms with Crippen molar-refractivity contribution in [1.82, 2.24) is 10.2 Å². The van der Waals surface area contributed by atoms with Crippen LogP contribution >= 0.6 is 11.8 Å². The second-order valence-corrected chi connectivity index (χ2v) is 7.93. The zero-order valence-electron chi connectivity index (χ0n) is 13.6. The van der Waals surface area contributed by atoms with E-state index in [1.807, 2.05) is 11.8 Å². The maximum Gasteiger partial charge on any atom is 0.156 e. The minimum atomic E-state index is 0.553. The van der Waals surface area contributed by atoms with Crippen molar-refractivity contribution >= 4 is 16.9 Å². The molecule has 1 aliphatic heterocycles. The lowest BCUT2D eigenvalue weighted by Gasteiger charge is -2.32. The summed E-state index contributed by atoms with van der Waals surface area (Å²) in [6, 6.07) is 1.22. The summed E-state index contributed by atoms with van der Waals surface area (Å²) in [4.78, 5) is 7.33. The molecule has 1 N–H and O–H groups in total. The molecule has 2 rings (SSSR count). The number of hydrogen-bond acceptors (Lipinski definition) is 4. The molecule has 1 heterocycles. The van der Waals surface area contributed by atoms with Gasteiger partial charge in [0.1, 0.15) is 0 Å². The Balaban J connectivity index is 1.73. The number of amidine groups is 1. The Labute approximate surface area is 129 Å². The third-order valence-electron chi connectivity index (χ3n) is 4.71. The minimum Gasteiger partial charge on any atom is -0.364 e. The van der Waals surface area contributed by atoms with Gasteiger partial charge < -0.3 is 5.32 Å². The highest BCUT2D eigenvalue weighted by Crippen LogP contribution is 2.43. The van der Waals surface area contributed by atoms with Crippen LogP contribution in [0.3, 0.4) is 0 Å². The quantitative estimate of drug-likeness (QED) is 0.843. The van der Waals surface area contributed by atoms with Gasteiger partial charge in [0.2, 0.25) is 0 Å². The Morgan fingerprint density at radius 2 is 1.85 bits per heavy atom. The van der Waals surface area contributed by atoms with E-state index < -0.39 is 0 Å². The largest absolute Gasteiger partial charge is 0.364 e. The Morgan fingerprint density at radius 1 is 1.20 bits per heavy atom. The first kappa shape index (κ1) is 16.2. The SMILES string of the molecule is CC(C)N(CCNC1=NCC2(CCCC2)CS1)C(C)C. The van der Waals surface area contributed by atoms with E-state index in [4.69, 9.17) is 4.99 Å². The number of hydrogen-bond donors (Lipinski definition) is 1. The molecule has 20 heavy (non-hydrogen) atoms. The first-order valence-corrected chi connectivity index (χ1v) is 9.18. The van der Waals surface area contributed by atoms with Crippen molar-refractivity contribution in [1.29, 1.82) is 0 Å². The van der Waals surface area contributed by atoms with Gasteiger partial charge in [0.25, 0.3) is 0 Å². The van der Waals surface area contributed by atoms with Crippen molar-refractivity contribution in [2.75, 3.05) is 25.4 Å². The van der Waals surface area contributed by atoms with Crippen molar-refractivity contribution in [2.24, 2.45) is 10.4 Å². The zero-order valence-corrected chi connectivity index (χ0v) is 14.4. The summed E-state index contributed by atoms with van der Waals surface area (Å²) in [6.45, 7) is 12.3. The highest BCUT2D eigenvalue weighted by Gasteiger charge is 2.36. The molecule has 1 saturated carbocycles. The lowest BCUT2D eigenvalue weighted by molar-refractivity contribution is 0.178. The second kappa shape index (κ2) is 7.17. The molecule has 0 radical (unpaired) electrons. The lowest BCUT2D eigenvalue weighted by Crippen LogP contribution is -2.43. The maximum absolute atomic E-state index is 4.80. The van der Waals surface area contributed by atoms with E-state index in [0.717, 1.165) is 19.6 Å². The topological polar surface area (TPSA) is 27.6 Å². The molecule has 0 atom stereocenters. The van der Waals surface area contributed by atoms with E-state index in [0.29, 0.717) is 17.5 Å². The highest BCUT2D eigenvalue weighted by atomic mass is 32.2. The average Bonchev–Trinajstić information content (AvgIpc) is 2.84. The molecule has 1 spiro atoms. The molecule has 3 nitrogen and oxygen atoms in total. The number of rotatable bonds is 5. The van der Waals surface area contributed by atoms with E-state index in [1.54, 1.807) is 0 Å². The van der Waals surface area contributed by atoms with Gasteiger partial charge in [0.15, 0.2) is 5.17 Å². The van der Waals surface area contributed by atoms with Crippen molar-refractivity contribution in [3.8, 4) is 0 Å². The summed E-state index contributed by atoms with van der Waals surface area (Å²) in [5.41, 5.74) is 0.553. The molecule has 116 valence electrons. The minimum absolute atomic E-state index is 0.553. The van der Waals surface area contributed by atoms with Crippen LogP contribution in [-0.2, 0) is 0 Å². The fraction of sp³-hybridized carbons (Fsp3) is 0.938. The van der Waals surface area contributed by atoms with Crippen LogP contribution in [0, 0.1) is 5.41 Å². The molecule has 0 aromatic rings. The van der Waals surface area contributed by atoms with Crippen LogP contribution < -0.4 is 5.32 Å². The first-order valence-electron chi connectivity index (χ1n) is 8.19. The van der Waals surface area contributed by atoms with Gasteiger partial charge in [-0.05, 0) is 46.0 Å². The number of nitrogens with one attached hydrogen (secondary N) is 1. The first-order chi connectivity index (χ1) is 9.52. The molecule has 0 saturated heterocycles. The Hall–Kier alpha value is -0.220. The van der Waals surface area contributed by atoms with Crippen molar-refractivity contribution in [3.63, 3.8) is 0 Å². The fourth-order valence-electron chi connectivity index (χ4n) is 3.49. The van der Waals surface area contributed by atoms with Gasteiger partial charge in [0.05, 0.1) is 0 Å². The third-order valence-corrected chi connectivity index (χ3v) is 6.01. The summed E-state index contributed by atoms with van der Waals surface area (Å²) in [5.74, 6) is 1.27. The van der Waals surface area contributed by atoms with Crippen molar-refractivity contribution in [2.45, 2.75) is 65.5 Å². The van der Waals surface area contributed by atoms with Crippen LogP contribution in [0.4, 0.5) is 0 Å². The van der Waals surface area contributed by atoms with Crippen LogP contribution in [0.1, 0.15) is 53.4 Å². The summed E-state index contributed by atoms with van der Waals surface area (Å²) in [5, 5.41) is 4.72. The Morgan fingerprint density at radius 3 is 2.35 bits per heavy atom. The maximum atomic E-state index is 4.80. The van der Waals surface area contributed by atoms with Gasteiger partial charge in [-0.25, -0.2) is 0 Å². The standard InChI is InChI=1S/C16H31N3S/c1-13(2)19(14(3)4)10-9-17-15-18-11-16(12-20-15)7-5-6-8-16/h13-14H,5-12H2,1-4H3,(H,17,18). The van der Waals surface area contributed by atoms with Crippen LogP contribution in [0.2, 0.25) is 0 Å². The Bertz CT molecular complexity index is 325. The van der Waals surface area contributed by atoms with Gasteiger partial charge in [-0.3, -0.25) is 9.89 Å². The molecular formula is C16H31N3S. The predicted molar refractivity (Wildman–Crippen MR) is 90.6 cm³/mol. The van der Waals surface area contributed by atoms with E-state index >= 15 is 0 Å². The highest BCUT2D eigenvalue weighted by molar-refractivity contribution is 8.13. The normalized spacial score (nSPS) is 22.1. The summed E-state index contributed by atoms with van der Waals surface area (Å²) < 4.78 is 0. The monoisotopic (exact) mass is 297 g/mol. The van der Waals surface area contributed by atoms with E-state index in [2.05, 4.69) is 37.9 Å². The number of thioether (sulfide) groups is 1. The summed E-state index contributed by atoms with van der Waals surface area (Å²) in [7, 11) is 0. The molecule has 1 aliphatic carbocycles. The van der Waals surface area contributed by atoms with E-state index in [-0.39, 0.29) is 0 Å². The summed E-state index contributed by atoms with van der Waals surface area (Å²) in [6.07, 6.45) is 5.61. The molecule has 0 bridgehead atoms. The predicted octanol–water partition coefficient (Wildman–Crippen LogP) is 3.36. The Kier molecular flexibility index (Phi) is 5.79. The van der Waals surface area contributed by atoms with E-state index in [9.17, 15) is 0 Å². The molecule has 0 aromatic carbocycles. The molecule has 0 aromatic heterocycles. The van der Waals surface area contributed by atoms with Gasteiger partial charge in [-0.2, -0.15) is 0 Å². The fourth-order valence-corrected chi connectivity index (χ4v) is 4.67. The average molecular weight is 298 g/mol. The van der Waals surface area contributed by atoms with Gasteiger partial charge in [-0.1, -0.05) is 24.6 Å². The number of aliphatic imine (C=N–C) groups is 1.